The van der Waals surface area contributed by atoms with Gasteiger partial charge < -0.3 is 10.5 Å². The topological polar surface area (TPSA) is 142 Å². The molecule has 0 bridgehead atoms. The summed E-state index contributed by atoms with van der Waals surface area (Å²) in [6.45, 7) is 3.03. The van der Waals surface area contributed by atoms with Gasteiger partial charge in [-0.05, 0) is 19.9 Å². The lowest BCUT2D eigenvalue weighted by molar-refractivity contribution is -0.385. The van der Waals surface area contributed by atoms with Gasteiger partial charge in [-0.2, -0.15) is 0 Å². The molecule has 3 N–H and O–H groups in total. The number of benzene rings is 1. The van der Waals surface area contributed by atoms with E-state index in [0.717, 1.165) is 12.1 Å². The minimum atomic E-state index is -4.01. The summed E-state index contributed by atoms with van der Waals surface area (Å²) in [4.78, 5) is 21.8. The quantitative estimate of drug-likeness (QED) is 0.411. The maximum atomic E-state index is 12.1. The summed E-state index contributed by atoms with van der Waals surface area (Å²) in [5.41, 5.74) is 4.63. The van der Waals surface area contributed by atoms with Crippen molar-refractivity contribution in [1.29, 1.82) is 0 Å². The van der Waals surface area contributed by atoms with E-state index in [4.69, 9.17) is 10.5 Å². The number of nitrogens with zero attached hydrogens (tertiary/aromatic N) is 1. The number of hydrogen-bond acceptors (Lipinski definition) is 7. The highest BCUT2D eigenvalue weighted by atomic mass is 35.5. The third kappa shape index (κ3) is 5.13. The highest BCUT2D eigenvalue weighted by Gasteiger charge is 2.25. The van der Waals surface area contributed by atoms with Gasteiger partial charge in [0.2, 0.25) is 10.0 Å². The predicted octanol–water partition coefficient (Wildman–Crippen LogP) is 0.739. The van der Waals surface area contributed by atoms with Crippen LogP contribution in [0.3, 0.4) is 0 Å². The molecular formula is C12H18ClN3O6S. The van der Waals surface area contributed by atoms with Crippen LogP contribution in [0.25, 0.3) is 0 Å². The first kappa shape index (κ1) is 21.2. The van der Waals surface area contributed by atoms with E-state index in [1.54, 1.807) is 6.92 Å². The highest BCUT2D eigenvalue weighted by molar-refractivity contribution is 7.89. The first-order valence-corrected chi connectivity index (χ1v) is 7.88. The molecule has 0 amide bonds. The number of nitro benzene ring substituents is 1. The van der Waals surface area contributed by atoms with E-state index in [0.29, 0.717) is 0 Å². The minimum Gasteiger partial charge on any atom is -0.462 e. The number of esters is 1. The van der Waals surface area contributed by atoms with Crippen molar-refractivity contribution >= 4 is 34.1 Å². The van der Waals surface area contributed by atoms with Crippen LogP contribution in [0, 0.1) is 17.0 Å². The lowest BCUT2D eigenvalue weighted by Crippen LogP contribution is -2.29. The second-order valence-corrected chi connectivity index (χ2v) is 6.05. The number of nitro groups is 1. The zero-order valence-corrected chi connectivity index (χ0v) is 14.2. The van der Waals surface area contributed by atoms with Crippen LogP contribution >= 0.6 is 12.4 Å². The van der Waals surface area contributed by atoms with E-state index < -0.39 is 26.6 Å². The summed E-state index contributed by atoms with van der Waals surface area (Å²) < 4.78 is 31.1. The first-order valence-electron chi connectivity index (χ1n) is 6.40. The van der Waals surface area contributed by atoms with E-state index in [1.807, 2.05) is 0 Å². The number of nitrogens with one attached hydrogen (secondary N) is 1. The molecule has 0 saturated heterocycles. The van der Waals surface area contributed by atoms with Gasteiger partial charge in [0.25, 0.3) is 5.69 Å². The van der Waals surface area contributed by atoms with E-state index in [2.05, 4.69) is 4.72 Å². The molecule has 0 atom stereocenters. The average molecular weight is 368 g/mol. The lowest BCUT2D eigenvalue weighted by atomic mass is 10.1. The molecule has 1 aromatic rings. The van der Waals surface area contributed by atoms with Gasteiger partial charge in [0.15, 0.2) is 0 Å². The molecule has 23 heavy (non-hydrogen) atoms. The molecule has 0 fully saturated rings. The van der Waals surface area contributed by atoms with Gasteiger partial charge in [0.1, 0.15) is 0 Å². The summed E-state index contributed by atoms with van der Waals surface area (Å²) >= 11 is 0. The molecule has 0 aliphatic heterocycles. The third-order valence-corrected chi connectivity index (χ3v) is 4.23. The molecule has 0 heterocycles. The van der Waals surface area contributed by atoms with Crippen LogP contribution in [0.5, 0.6) is 0 Å². The number of halogens is 1. The zero-order valence-electron chi connectivity index (χ0n) is 12.6. The number of hydrogen-bond donors (Lipinski definition) is 2. The van der Waals surface area contributed by atoms with Gasteiger partial charge in [0, 0.05) is 24.7 Å². The maximum Gasteiger partial charge on any atom is 0.338 e. The van der Waals surface area contributed by atoms with Crippen molar-refractivity contribution in [2.45, 2.75) is 18.7 Å². The third-order valence-electron chi connectivity index (χ3n) is 2.79. The molecule has 0 unspecified atom stereocenters. The van der Waals surface area contributed by atoms with Crippen LogP contribution in [0.15, 0.2) is 17.0 Å². The maximum absolute atomic E-state index is 12.1. The number of rotatable bonds is 7. The van der Waals surface area contributed by atoms with Crippen molar-refractivity contribution in [3.05, 3.63) is 33.4 Å². The molecule has 0 saturated carbocycles. The Bertz CT molecular complexity index is 692. The van der Waals surface area contributed by atoms with Gasteiger partial charge in [-0.25, -0.2) is 17.9 Å². The monoisotopic (exact) mass is 367 g/mol. The van der Waals surface area contributed by atoms with Crippen molar-refractivity contribution in [2.75, 3.05) is 19.7 Å². The van der Waals surface area contributed by atoms with Crippen molar-refractivity contribution in [3.8, 4) is 0 Å². The Morgan fingerprint density at radius 1 is 1.43 bits per heavy atom. The fraction of sp³-hybridized carbons (Fsp3) is 0.417. The molecule has 0 aromatic heterocycles. The van der Waals surface area contributed by atoms with E-state index >= 15 is 0 Å². The Morgan fingerprint density at radius 2 is 2.04 bits per heavy atom. The van der Waals surface area contributed by atoms with Gasteiger partial charge in [0.05, 0.1) is 22.0 Å². The van der Waals surface area contributed by atoms with Crippen LogP contribution in [0.2, 0.25) is 0 Å². The number of carbonyl (C=O) groups is 1. The van der Waals surface area contributed by atoms with Gasteiger partial charge >= 0.3 is 5.97 Å². The summed E-state index contributed by atoms with van der Waals surface area (Å²) in [6, 6.07) is 1.95. The van der Waals surface area contributed by atoms with Crippen LogP contribution < -0.4 is 10.5 Å². The van der Waals surface area contributed by atoms with Gasteiger partial charge in [-0.15, -0.1) is 12.4 Å². The van der Waals surface area contributed by atoms with Crippen LogP contribution in [0.4, 0.5) is 5.69 Å². The molecule has 0 radical (unpaired) electrons. The molecule has 0 aliphatic carbocycles. The Labute approximate surface area is 139 Å². The van der Waals surface area contributed by atoms with E-state index in [1.165, 1.54) is 6.92 Å². The Morgan fingerprint density at radius 3 is 2.52 bits per heavy atom. The summed E-state index contributed by atoms with van der Waals surface area (Å²) in [5, 5.41) is 11.1. The zero-order chi connectivity index (χ0) is 16.9. The largest absolute Gasteiger partial charge is 0.462 e. The van der Waals surface area contributed by atoms with Gasteiger partial charge in [-0.3, -0.25) is 10.1 Å². The fourth-order valence-corrected chi connectivity index (χ4v) is 2.81. The van der Waals surface area contributed by atoms with Crippen molar-refractivity contribution < 1.29 is 22.9 Å². The highest BCUT2D eigenvalue weighted by Crippen LogP contribution is 2.27. The molecule has 0 aliphatic rings. The Kier molecular flexibility index (Phi) is 8.10. The minimum absolute atomic E-state index is 0. The number of ether oxygens (including phenoxy) is 1. The number of carbonyl (C=O) groups excluding carboxylic acids is 1. The molecule has 0 spiro atoms. The first-order chi connectivity index (χ1) is 10.2. The molecule has 130 valence electrons. The van der Waals surface area contributed by atoms with Gasteiger partial charge in [-0.1, -0.05) is 0 Å². The molecule has 1 aromatic carbocycles. The van der Waals surface area contributed by atoms with Crippen molar-refractivity contribution in [3.63, 3.8) is 0 Å². The average Bonchev–Trinajstić information content (AvgIpc) is 2.45. The Balaban J connectivity index is 0.00000484. The van der Waals surface area contributed by atoms with Crippen molar-refractivity contribution in [2.24, 2.45) is 5.73 Å². The van der Waals surface area contributed by atoms with E-state index in [-0.39, 0.29) is 48.1 Å². The second kappa shape index (κ2) is 8.77. The summed E-state index contributed by atoms with van der Waals surface area (Å²) in [5.74, 6) is -0.820. The summed E-state index contributed by atoms with van der Waals surface area (Å²) in [7, 11) is -4.01. The molecule has 9 nitrogen and oxygen atoms in total. The SMILES string of the molecule is CCOC(=O)c1cc(S(=O)(=O)NCCN)cc([N+](=O)[O-])c1C.Cl. The normalized spacial score (nSPS) is 10.7. The standard InChI is InChI=1S/C12H17N3O6S.ClH/c1-3-21-12(16)10-6-9(22(19,20)14-5-4-13)7-11(8(10)2)15(17)18;/h6-7,14H,3-5,13H2,1-2H3;1H. The molecule has 11 heteroatoms. The molecule has 1 rings (SSSR count). The molecular weight excluding hydrogens is 350 g/mol. The number of nitrogens with two attached hydrogens (primary N) is 1. The second-order valence-electron chi connectivity index (χ2n) is 4.28. The van der Waals surface area contributed by atoms with Crippen molar-refractivity contribution in [1.82, 2.24) is 4.72 Å². The van der Waals surface area contributed by atoms with Crippen LogP contribution in [-0.2, 0) is 14.8 Å². The Hall–Kier alpha value is -1.75. The summed E-state index contributed by atoms with van der Waals surface area (Å²) in [6.07, 6.45) is 0. The van der Waals surface area contributed by atoms with Crippen LogP contribution in [-0.4, -0.2) is 39.0 Å². The predicted molar refractivity (Wildman–Crippen MR) is 85.3 cm³/mol. The number of sulfonamides is 1. The van der Waals surface area contributed by atoms with Crippen LogP contribution in [0.1, 0.15) is 22.8 Å². The fourth-order valence-electron chi connectivity index (χ4n) is 1.72. The van der Waals surface area contributed by atoms with E-state index in [9.17, 15) is 23.3 Å². The lowest BCUT2D eigenvalue weighted by Gasteiger charge is -2.10. The smallest absolute Gasteiger partial charge is 0.338 e.